The van der Waals surface area contributed by atoms with Crippen LogP contribution in [-0.4, -0.2) is 17.6 Å². The average Bonchev–Trinajstić information content (AvgIpc) is 2.54. The topological polar surface area (TPSA) is 58.6 Å². The Kier molecular flexibility index (Phi) is 5.65. The molecule has 122 valence electrons. The van der Waals surface area contributed by atoms with E-state index in [1.54, 1.807) is 49.4 Å². The van der Waals surface area contributed by atoms with E-state index in [4.69, 9.17) is 0 Å². The van der Waals surface area contributed by atoms with Gasteiger partial charge in [-0.1, -0.05) is 42.5 Å². The van der Waals surface area contributed by atoms with E-state index in [2.05, 4.69) is 10.1 Å². The number of hydrogen-bond donors (Lipinski definition) is 2. The fourth-order valence-corrected chi connectivity index (χ4v) is 2.12. The number of carbonyl (C=O) groups excluding carboxylic acids is 1. The third kappa shape index (κ3) is 4.75. The molecule has 2 aromatic carbocycles. The van der Waals surface area contributed by atoms with E-state index in [1.807, 2.05) is 0 Å². The minimum atomic E-state index is -2.91. The average molecular weight is 321 g/mol. The molecule has 0 spiro atoms. The number of hydrogen-bond acceptors (Lipinski definition) is 3. The van der Waals surface area contributed by atoms with Gasteiger partial charge in [0.05, 0.1) is 6.04 Å². The maximum Gasteiger partial charge on any atom is 0.387 e. The number of ether oxygens (including phenoxy) is 1. The highest BCUT2D eigenvalue weighted by atomic mass is 19.3. The Morgan fingerprint density at radius 2 is 1.74 bits per heavy atom. The highest BCUT2D eigenvalue weighted by Gasteiger charge is 2.19. The van der Waals surface area contributed by atoms with Crippen LogP contribution >= 0.6 is 0 Å². The maximum atomic E-state index is 12.2. The fraction of sp³-hybridized carbons (Fsp3) is 0.235. The van der Waals surface area contributed by atoms with E-state index in [0.29, 0.717) is 11.1 Å². The lowest BCUT2D eigenvalue weighted by Crippen LogP contribution is -2.31. The van der Waals surface area contributed by atoms with Gasteiger partial charge in [-0.05, 0) is 30.2 Å². The molecular weight excluding hydrogens is 304 g/mol. The summed E-state index contributed by atoms with van der Waals surface area (Å²) >= 11 is 0. The van der Waals surface area contributed by atoms with Crippen molar-refractivity contribution >= 4 is 5.91 Å². The van der Waals surface area contributed by atoms with Crippen molar-refractivity contribution in [1.29, 1.82) is 0 Å². The van der Waals surface area contributed by atoms with E-state index < -0.39 is 24.7 Å². The van der Waals surface area contributed by atoms with E-state index >= 15 is 0 Å². The lowest BCUT2D eigenvalue weighted by molar-refractivity contribution is -0.130. The molecule has 0 saturated heterocycles. The molecule has 0 bridgehead atoms. The molecule has 4 nitrogen and oxygen atoms in total. The molecular formula is C17H17F2NO3. The van der Waals surface area contributed by atoms with Gasteiger partial charge in [-0.15, -0.1) is 0 Å². The molecule has 0 fully saturated rings. The van der Waals surface area contributed by atoms with Gasteiger partial charge in [0.2, 0.25) is 0 Å². The zero-order valence-electron chi connectivity index (χ0n) is 12.4. The Morgan fingerprint density at radius 3 is 2.39 bits per heavy atom. The summed E-state index contributed by atoms with van der Waals surface area (Å²) in [7, 11) is 0. The zero-order valence-corrected chi connectivity index (χ0v) is 12.4. The van der Waals surface area contributed by atoms with E-state index in [-0.39, 0.29) is 5.75 Å². The first-order valence-corrected chi connectivity index (χ1v) is 7.05. The second kappa shape index (κ2) is 7.69. The molecule has 23 heavy (non-hydrogen) atoms. The van der Waals surface area contributed by atoms with Crippen molar-refractivity contribution < 1.29 is 23.4 Å². The van der Waals surface area contributed by atoms with Crippen molar-refractivity contribution in [1.82, 2.24) is 5.32 Å². The molecule has 2 aromatic rings. The molecule has 0 aliphatic carbocycles. The fourth-order valence-electron chi connectivity index (χ4n) is 2.12. The highest BCUT2D eigenvalue weighted by Crippen LogP contribution is 2.21. The smallest absolute Gasteiger partial charge is 0.387 e. The monoisotopic (exact) mass is 321 g/mol. The van der Waals surface area contributed by atoms with Gasteiger partial charge in [-0.2, -0.15) is 8.78 Å². The van der Waals surface area contributed by atoms with Gasteiger partial charge in [-0.25, -0.2) is 0 Å². The summed E-state index contributed by atoms with van der Waals surface area (Å²) in [5.74, 6) is -0.550. The SMILES string of the molecule is CC(NC(=O)C(O)c1ccccc1)c1cccc(OC(F)F)c1. The number of amides is 1. The molecule has 6 heteroatoms. The molecule has 1 amide bonds. The molecule has 0 aliphatic heterocycles. The summed E-state index contributed by atoms with van der Waals surface area (Å²) in [5, 5.41) is 12.7. The van der Waals surface area contributed by atoms with Crippen LogP contribution in [0.2, 0.25) is 0 Å². The van der Waals surface area contributed by atoms with Crippen LogP contribution in [-0.2, 0) is 4.79 Å². The number of carbonyl (C=O) groups is 1. The molecule has 0 radical (unpaired) electrons. The minimum absolute atomic E-state index is 0.0159. The van der Waals surface area contributed by atoms with Gasteiger partial charge in [0.1, 0.15) is 5.75 Å². The standard InChI is InChI=1S/C17H17F2NO3/c1-11(13-8-5-9-14(10-13)23-17(18)19)20-16(22)15(21)12-6-3-2-4-7-12/h2-11,15,17,21H,1H3,(H,20,22). The number of benzene rings is 2. The quantitative estimate of drug-likeness (QED) is 0.859. The normalized spacial score (nSPS) is 13.4. The van der Waals surface area contributed by atoms with Crippen LogP contribution in [0, 0.1) is 0 Å². The van der Waals surface area contributed by atoms with Crippen LogP contribution in [0.25, 0.3) is 0 Å². The van der Waals surface area contributed by atoms with E-state index in [1.165, 1.54) is 12.1 Å². The predicted octanol–water partition coefficient (Wildman–Crippen LogP) is 3.20. The number of aliphatic hydroxyl groups is 1. The third-order valence-corrected chi connectivity index (χ3v) is 3.31. The molecule has 0 saturated carbocycles. The van der Waals surface area contributed by atoms with Crippen molar-refractivity contribution in [2.75, 3.05) is 0 Å². The summed E-state index contributed by atoms with van der Waals surface area (Å²) in [6.07, 6.45) is -1.29. The van der Waals surface area contributed by atoms with Crippen molar-refractivity contribution in [2.45, 2.75) is 25.7 Å². The summed E-state index contributed by atoms with van der Waals surface area (Å²) in [6.45, 7) is -1.22. The first-order chi connectivity index (χ1) is 11.0. The second-order valence-electron chi connectivity index (χ2n) is 4.99. The Morgan fingerprint density at radius 1 is 1.09 bits per heavy atom. The first-order valence-electron chi connectivity index (χ1n) is 7.05. The van der Waals surface area contributed by atoms with Crippen LogP contribution in [0.15, 0.2) is 54.6 Å². The summed E-state index contributed by atoms with van der Waals surface area (Å²) in [4.78, 5) is 12.1. The van der Waals surface area contributed by atoms with Crippen LogP contribution < -0.4 is 10.1 Å². The molecule has 2 N–H and O–H groups in total. The highest BCUT2D eigenvalue weighted by molar-refractivity contribution is 5.82. The predicted molar refractivity (Wildman–Crippen MR) is 81.0 cm³/mol. The molecule has 2 rings (SSSR count). The molecule has 0 aromatic heterocycles. The second-order valence-corrected chi connectivity index (χ2v) is 4.99. The van der Waals surface area contributed by atoms with Gasteiger partial charge in [0.25, 0.3) is 5.91 Å². The molecule has 2 atom stereocenters. The van der Waals surface area contributed by atoms with Crippen LogP contribution in [0.3, 0.4) is 0 Å². The van der Waals surface area contributed by atoms with Crippen molar-refractivity contribution in [3.8, 4) is 5.75 Å². The van der Waals surface area contributed by atoms with Crippen LogP contribution in [0.4, 0.5) is 8.78 Å². The number of rotatable bonds is 6. The molecule has 0 heterocycles. The van der Waals surface area contributed by atoms with Gasteiger partial charge < -0.3 is 15.2 Å². The Labute approximate surface area is 132 Å². The number of alkyl halides is 2. The van der Waals surface area contributed by atoms with Gasteiger partial charge in [0.15, 0.2) is 6.10 Å². The van der Waals surface area contributed by atoms with Crippen LogP contribution in [0.1, 0.15) is 30.2 Å². The maximum absolute atomic E-state index is 12.2. The molecule has 0 aliphatic rings. The number of aliphatic hydroxyl groups excluding tert-OH is 1. The minimum Gasteiger partial charge on any atom is -0.435 e. The van der Waals surface area contributed by atoms with E-state index in [9.17, 15) is 18.7 Å². The molecule has 2 unspecified atom stereocenters. The Hall–Kier alpha value is -2.47. The number of halogens is 2. The summed E-state index contributed by atoms with van der Waals surface area (Å²) in [6, 6.07) is 14.1. The first kappa shape index (κ1) is 16.9. The largest absolute Gasteiger partial charge is 0.435 e. The van der Waals surface area contributed by atoms with Gasteiger partial charge >= 0.3 is 6.61 Å². The van der Waals surface area contributed by atoms with Crippen molar-refractivity contribution in [2.24, 2.45) is 0 Å². The lowest BCUT2D eigenvalue weighted by Gasteiger charge is -2.18. The van der Waals surface area contributed by atoms with Crippen molar-refractivity contribution in [3.05, 3.63) is 65.7 Å². The Balaban J connectivity index is 2.03. The van der Waals surface area contributed by atoms with Crippen LogP contribution in [0.5, 0.6) is 5.75 Å². The third-order valence-electron chi connectivity index (χ3n) is 3.31. The summed E-state index contributed by atoms with van der Waals surface area (Å²) < 4.78 is 28.8. The lowest BCUT2D eigenvalue weighted by atomic mass is 10.1. The van der Waals surface area contributed by atoms with Gasteiger partial charge in [-0.3, -0.25) is 4.79 Å². The zero-order chi connectivity index (χ0) is 16.8. The van der Waals surface area contributed by atoms with Crippen molar-refractivity contribution in [3.63, 3.8) is 0 Å². The Bertz CT molecular complexity index is 649. The number of nitrogens with one attached hydrogen (secondary N) is 1. The van der Waals surface area contributed by atoms with Gasteiger partial charge in [0, 0.05) is 0 Å². The summed E-state index contributed by atoms with van der Waals surface area (Å²) in [5.41, 5.74) is 1.07. The van der Waals surface area contributed by atoms with E-state index in [0.717, 1.165) is 0 Å².